The SMILES string of the molecule is O=C(COc1ccccc1)N1CCC(C(=O)N2CCN(CC(=O)N3CCCCC3)CC2)CC1. The van der Waals surface area contributed by atoms with Gasteiger partial charge in [0.15, 0.2) is 6.61 Å². The molecule has 0 aromatic heterocycles. The molecule has 1 aromatic carbocycles. The predicted octanol–water partition coefficient (Wildman–Crippen LogP) is 1.46. The molecule has 33 heavy (non-hydrogen) atoms. The van der Waals surface area contributed by atoms with Crippen LogP contribution in [0.4, 0.5) is 0 Å². The number of likely N-dealkylation sites (tertiary alicyclic amines) is 2. The molecule has 0 saturated carbocycles. The van der Waals surface area contributed by atoms with E-state index >= 15 is 0 Å². The lowest BCUT2D eigenvalue weighted by molar-refractivity contribution is -0.143. The van der Waals surface area contributed by atoms with Crippen LogP contribution in [0.15, 0.2) is 30.3 Å². The van der Waals surface area contributed by atoms with Crippen molar-refractivity contribution in [1.82, 2.24) is 19.6 Å². The summed E-state index contributed by atoms with van der Waals surface area (Å²) < 4.78 is 5.57. The van der Waals surface area contributed by atoms with Gasteiger partial charge in [0.2, 0.25) is 11.8 Å². The molecule has 0 radical (unpaired) electrons. The van der Waals surface area contributed by atoms with Gasteiger partial charge in [-0.2, -0.15) is 0 Å². The van der Waals surface area contributed by atoms with E-state index in [0.717, 1.165) is 39.0 Å². The van der Waals surface area contributed by atoms with E-state index in [1.807, 2.05) is 40.1 Å². The molecule has 8 heteroatoms. The summed E-state index contributed by atoms with van der Waals surface area (Å²) in [7, 11) is 0. The van der Waals surface area contributed by atoms with Gasteiger partial charge >= 0.3 is 0 Å². The molecule has 4 rings (SSSR count). The Morgan fingerprint density at radius 3 is 2.03 bits per heavy atom. The van der Waals surface area contributed by atoms with Crippen molar-refractivity contribution in [3.63, 3.8) is 0 Å². The number of ether oxygens (including phenoxy) is 1. The zero-order valence-corrected chi connectivity index (χ0v) is 19.5. The van der Waals surface area contributed by atoms with E-state index in [9.17, 15) is 14.4 Å². The number of piperidine rings is 2. The maximum Gasteiger partial charge on any atom is 0.260 e. The number of hydrogen-bond donors (Lipinski definition) is 0. The summed E-state index contributed by atoms with van der Waals surface area (Å²) in [5, 5.41) is 0. The number of piperazine rings is 1. The fourth-order valence-electron chi connectivity index (χ4n) is 4.95. The maximum atomic E-state index is 13.0. The van der Waals surface area contributed by atoms with Crippen molar-refractivity contribution in [1.29, 1.82) is 0 Å². The van der Waals surface area contributed by atoms with Gasteiger partial charge in [-0.1, -0.05) is 18.2 Å². The molecule has 0 aliphatic carbocycles. The van der Waals surface area contributed by atoms with Gasteiger partial charge in [0.1, 0.15) is 5.75 Å². The molecular weight excluding hydrogens is 420 g/mol. The summed E-state index contributed by atoms with van der Waals surface area (Å²) in [6.07, 6.45) is 4.84. The van der Waals surface area contributed by atoms with E-state index in [-0.39, 0.29) is 30.2 Å². The standard InChI is InChI=1S/C25H36N4O4/c30-23(27-11-5-2-6-12-27)19-26-15-17-29(18-16-26)25(32)21-9-13-28(14-10-21)24(31)20-33-22-7-3-1-4-8-22/h1,3-4,7-8,21H,2,5-6,9-20H2. The Morgan fingerprint density at radius 2 is 1.36 bits per heavy atom. The van der Waals surface area contributed by atoms with Crippen LogP contribution >= 0.6 is 0 Å². The van der Waals surface area contributed by atoms with Gasteiger partial charge in [0.05, 0.1) is 6.54 Å². The molecule has 0 atom stereocenters. The topological polar surface area (TPSA) is 73.4 Å². The monoisotopic (exact) mass is 456 g/mol. The first-order chi connectivity index (χ1) is 16.1. The molecule has 0 spiro atoms. The van der Waals surface area contributed by atoms with Crippen molar-refractivity contribution in [3.05, 3.63) is 30.3 Å². The molecule has 0 unspecified atom stereocenters. The zero-order chi connectivity index (χ0) is 23.0. The molecule has 8 nitrogen and oxygen atoms in total. The Bertz CT molecular complexity index is 796. The molecule has 180 valence electrons. The van der Waals surface area contributed by atoms with E-state index in [1.54, 1.807) is 4.90 Å². The first-order valence-electron chi connectivity index (χ1n) is 12.3. The number of amides is 3. The molecule has 3 heterocycles. The summed E-state index contributed by atoms with van der Waals surface area (Å²) in [6.45, 7) is 6.31. The number of carbonyl (C=O) groups is 3. The van der Waals surface area contributed by atoms with E-state index in [1.165, 1.54) is 6.42 Å². The van der Waals surface area contributed by atoms with E-state index in [4.69, 9.17) is 4.74 Å². The summed E-state index contributed by atoms with van der Waals surface area (Å²) in [5.74, 6) is 1.06. The molecule has 0 N–H and O–H groups in total. The van der Waals surface area contributed by atoms with Crippen molar-refractivity contribution in [2.24, 2.45) is 5.92 Å². The highest BCUT2D eigenvalue weighted by atomic mass is 16.5. The van der Waals surface area contributed by atoms with E-state index < -0.39 is 0 Å². The molecule has 3 aliphatic heterocycles. The Kier molecular flexibility index (Phi) is 8.20. The Balaban J connectivity index is 1.15. The minimum Gasteiger partial charge on any atom is -0.484 e. The lowest BCUT2D eigenvalue weighted by atomic mass is 9.95. The largest absolute Gasteiger partial charge is 0.484 e. The summed E-state index contributed by atoms with van der Waals surface area (Å²) in [5.41, 5.74) is 0. The molecule has 3 fully saturated rings. The number of nitrogens with zero attached hydrogens (tertiary/aromatic N) is 4. The molecule has 1 aromatic rings. The van der Waals surface area contributed by atoms with Crippen LogP contribution < -0.4 is 4.74 Å². The normalized spacial score (nSPS) is 20.5. The highest BCUT2D eigenvalue weighted by molar-refractivity contribution is 5.81. The highest BCUT2D eigenvalue weighted by Gasteiger charge is 2.32. The molecule has 3 amide bonds. The van der Waals surface area contributed by atoms with Crippen LogP contribution in [0, 0.1) is 5.92 Å². The van der Waals surface area contributed by atoms with Crippen LogP contribution in [0.1, 0.15) is 32.1 Å². The third-order valence-electron chi connectivity index (χ3n) is 7.05. The van der Waals surface area contributed by atoms with Crippen molar-refractivity contribution < 1.29 is 19.1 Å². The van der Waals surface area contributed by atoms with Crippen molar-refractivity contribution in [2.75, 3.05) is 65.5 Å². The average molecular weight is 457 g/mol. The van der Waals surface area contributed by atoms with Crippen LogP contribution in [0.2, 0.25) is 0 Å². The Labute approximate surface area is 196 Å². The molecule has 3 aliphatic rings. The number of para-hydroxylation sites is 1. The predicted molar refractivity (Wildman–Crippen MR) is 125 cm³/mol. The van der Waals surface area contributed by atoms with Gasteiger partial charge < -0.3 is 19.4 Å². The maximum absolute atomic E-state index is 13.0. The van der Waals surface area contributed by atoms with Crippen molar-refractivity contribution in [3.8, 4) is 5.75 Å². The fourth-order valence-corrected chi connectivity index (χ4v) is 4.95. The summed E-state index contributed by atoms with van der Waals surface area (Å²) in [4.78, 5) is 45.9. The number of benzene rings is 1. The zero-order valence-electron chi connectivity index (χ0n) is 19.5. The summed E-state index contributed by atoms with van der Waals surface area (Å²) in [6, 6.07) is 9.33. The second kappa shape index (κ2) is 11.5. The average Bonchev–Trinajstić information content (AvgIpc) is 2.88. The van der Waals surface area contributed by atoms with Crippen molar-refractivity contribution >= 4 is 17.7 Å². The first-order valence-corrected chi connectivity index (χ1v) is 12.3. The van der Waals surface area contributed by atoms with Crippen LogP contribution in [-0.2, 0) is 14.4 Å². The van der Waals surface area contributed by atoms with Crippen LogP contribution in [-0.4, -0.2) is 103 Å². The second-order valence-corrected chi connectivity index (χ2v) is 9.30. The third kappa shape index (κ3) is 6.47. The van der Waals surface area contributed by atoms with Gasteiger partial charge in [0, 0.05) is 58.3 Å². The fraction of sp³-hybridized carbons (Fsp3) is 0.640. The van der Waals surface area contributed by atoms with Gasteiger partial charge in [-0.05, 0) is 44.2 Å². The quantitative estimate of drug-likeness (QED) is 0.648. The number of carbonyl (C=O) groups excluding carboxylic acids is 3. The van der Waals surface area contributed by atoms with E-state index in [0.29, 0.717) is 51.3 Å². The smallest absolute Gasteiger partial charge is 0.260 e. The molecular formula is C25H36N4O4. The first kappa shape index (κ1) is 23.5. The molecule has 3 saturated heterocycles. The lowest BCUT2D eigenvalue weighted by Gasteiger charge is -2.39. The van der Waals surface area contributed by atoms with Gasteiger partial charge in [0.25, 0.3) is 5.91 Å². The Hall–Kier alpha value is -2.61. The van der Waals surface area contributed by atoms with Gasteiger partial charge in [-0.25, -0.2) is 0 Å². The second-order valence-electron chi connectivity index (χ2n) is 9.30. The lowest BCUT2D eigenvalue weighted by Crippen LogP contribution is -2.54. The van der Waals surface area contributed by atoms with Crippen LogP contribution in [0.25, 0.3) is 0 Å². The third-order valence-corrected chi connectivity index (χ3v) is 7.05. The Morgan fingerprint density at radius 1 is 0.727 bits per heavy atom. The van der Waals surface area contributed by atoms with Gasteiger partial charge in [-0.15, -0.1) is 0 Å². The number of rotatable bonds is 6. The van der Waals surface area contributed by atoms with E-state index in [2.05, 4.69) is 4.90 Å². The van der Waals surface area contributed by atoms with Crippen LogP contribution in [0.3, 0.4) is 0 Å². The minimum atomic E-state index is -0.0308. The number of hydrogen-bond acceptors (Lipinski definition) is 5. The molecule has 0 bridgehead atoms. The minimum absolute atomic E-state index is 0.0226. The highest BCUT2D eigenvalue weighted by Crippen LogP contribution is 2.21. The summed E-state index contributed by atoms with van der Waals surface area (Å²) >= 11 is 0. The van der Waals surface area contributed by atoms with Gasteiger partial charge in [-0.3, -0.25) is 19.3 Å². The van der Waals surface area contributed by atoms with Crippen molar-refractivity contribution in [2.45, 2.75) is 32.1 Å². The van der Waals surface area contributed by atoms with Crippen LogP contribution in [0.5, 0.6) is 5.75 Å².